The van der Waals surface area contributed by atoms with Crippen LogP contribution in [-0.2, 0) is 4.74 Å². The molecule has 3 unspecified atom stereocenters. The summed E-state index contributed by atoms with van der Waals surface area (Å²) in [6.07, 6.45) is 5.60. The maximum atomic E-state index is 9.47. The Hall–Kier alpha value is -0.160. The van der Waals surface area contributed by atoms with E-state index in [1.54, 1.807) is 0 Å². The minimum atomic E-state index is -0.312. The van der Waals surface area contributed by atoms with Crippen molar-refractivity contribution in [1.29, 1.82) is 0 Å². The van der Waals surface area contributed by atoms with Gasteiger partial charge in [-0.25, -0.2) is 0 Å². The Morgan fingerprint density at radius 3 is 3.06 bits per heavy atom. The van der Waals surface area contributed by atoms with Gasteiger partial charge in [0, 0.05) is 18.1 Å². The fourth-order valence-electron chi connectivity index (χ4n) is 3.49. The van der Waals surface area contributed by atoms with Gasteiger partial charge in [-0.3, -0.25) is 4.90 Å². The van der Waals surface area contributed by atoms with E-state index in [0.29, 0.717) is 12.0 Å². The number of rotatable bonds is 5. The van der Waals surface area contributed by atoms with E-state index in [0.717, 1.165) is 45.6 Å². The molecule has 2 fully saturated rings. The van der Waals surface area contributed by atoms with Crippen molar-refractivity contribution in [3.05, 3.63) is 0 Å². The molecule has 0 aromatic rings. The van der Waals surface area contributed by atoms with Crippen LogP contribution < -0.4 is 5.73 Å². The van der Waals surface area contributed by atoms with Gasteiger partial charge in [-0.15, -0.1) is 0 Å². The minimum absolute atomic E-state index is 0.137. The van der Waals surface area contributed by atoms with Crippen molar-refractivity contribution in [3.63, 3.8) is 0 Å². The third-order valence-electron chi connectivity index (χ3n) is 4.89. The highest BCUT2D eigenvalue weighted by Gasteiger charge is 2.38. The van der Waals surface area contributed by atoms with Crippen LogP contribution in [0.1, 0.15) is 39.0 Å². The molecule has 4 nitrogen and oxygen atoms in total. The zero-order valence-corrected chi connectivity index (χ0v) is 11.6. The number of hydrogen-bond acceptors (Lipinski definition) is 4. The lowest BCUT2D eigenvalue weighted by Gasteiger charge is -2.37. The molecule has 0 aromatic heterocycles. The average Bonchev–Trinajstić information content (AvgIpc) is 2.79. The van der Waals surface area contributed by atoms with Gasteiger partial charge in [0.1, 0.15) is 0 Å². The average molecular weight is 256 g/mol. The Bertz CT molecular complexity index is 262. The zero-order chi connectivity index (χ0) is 13.0. The summed E-state index contributed by atoms with van der Waals surface area (Å²) in [7, 11) is 0. The molecule has 18 heavy (non-hydrogen) atoms. The van der Waals surface area contributed by atoms with Gasteiger partial charge >= 0.3 is 0 Å². The van der Waals surface area contributed by atoms with Crippen LogP contribution in [0.5, 0.6) is 0 Å². The number of hydrogen-bond donors (Lipinski definition) is 2. The first-order valence-electron chi connectivity index (χ1n) is 7.41. The van der Waals surface area contributed by atoms with E-state index in [9.17, 15) is 5.11 Å². The van der Waals surface area contributed by atoms with Crippen LogP contribution in [0.15, 0.2) is 0 Å². The molecule has 106 valence electrons. The highest BCUT2D eigenvalue weighted by atomic mass is 16.5. The van der Waals surface area contributed by atoms with Crippen LogP contribution in [0.4, 0.5) is 0 Å². The highest BCUT2D eigenvalue weighted by molar-refractivity contribution is 4.96. The molecule has 1 heterocycles. The van der Waals surface area contributed by atoms with E-state index < -0.39 is 0 Å². The Morgan fingerprint density at radius 2 is 2.33 bits per heavy atom. The zero-order valence-electron chi connectivity index (χ0n) is 11.6. The maximum Gasteiger partial charge on any atom is 0.0622 e. The van der Waals surface area contributed by atoms with Crippen LogP contribution in [0, 0.1) is 5.92 Å². The molecule has 3 atom stereocenters. The van der Waals surface area contributed by atoms with E-state index in [2.05, 4.69) is 11.8 Å². The molecule has 0 spiro atoms. The van der Waals surface area contributed by atoms with E-state index in [-0.39, 0.29) is 12.1 Å². The molecule has 2 aliphatic rings. The van der Waals surface area contributed by atoms with Crippen LogP contribution in [0.25, 0.3) is 0 Å². The van der Waals surface area contributed by atoms with Crippen LogP contribution in [0.2, 0.25) is 0 Å². The minimum Gasteiger partial charge on any atom is -0.394 e. The first-order valence-corrected chi connectivity index (χ1v) is 7.41. The summed E-state index contributed by atoms with van der Waals surface area (Å²) in [6, 6.07) is 0.571. The van der Waals surface area contributed by atoms with Gasteiger partial charge in [0.05, 0.1) is 19.8 Å². The van der Waals surface area contributed by atoms with Crippen LogP contribution >= 0.6 is 0 Å². The van der Waals surface area contributed by atoms with Crippen molar-refractivity contribution in [2.75, 3.05) is 32.9 Å². The molecular weight excluding hydrogens is 228 g/mol. The molecule has 1 aliphatic heterocycles. The van der Waals surface area contributed by atoms with Crippen molar-refractivity contribution in [2.45, 2.75) is 50.6 Å². The molecule has 0 amide bonds. The normalized spacial score (nSPS) is 38.2. The van der Waals surface area contributed by atoms with E-state index in [4.69, 9.17) is 10.5 Å². The second-order valence-corrected chi connectivity index (χ2v) is 5.94. The van der Waals surface area contributed by atoms with Crippen molar-refractivity contribution in [2.24, 2.45) is 11.7 Å². The third-order valence-corrected chi connectivity index (χ3v) is 4.89. The van der Waals surface area contributed by atoms with Crippen LogP contribution in [0.3, 0.4) is 0 Å². The highest BCUT2D eigenvalue weighted by Crippen LogP contribution is 2.36. The topological polar surface area (TPSA) is 58.7 Å². The Morgan fingerprint density at radius 1 is 1.50 bits per heavy atom. The second kappa shape index (κ2) is 6.33. The molecule has 1 saturated carbocycles. The summed E-state index contributed by atoms with van der Waals surface area (Å²) in [5.74, 6) is 0.489. The number of aliphatic hydroxyl groups is 1. The Balaban J connectivity index is 1.83. The summed E-state index contributed by atoms with van der Waals surface area (Å²) >= 11 is 0. The van der Waals surface area contributed by atoms with E-state index in [1.165, 1.54) is 12.8 Å². The lowest BCUT2D eigenvalue weighted by molar-refractivity contribution is -0.0124. The summed E-state index contributed by atoms with van der Waals surface area (Å²) in [4.78, 5) is 2.54. The summed E-state index contributed by atoms with van der Waals surface area (Å²) in [5, 5.41) is 9.47. The maximum absolute atomic E-state index is 9.47. The van der Waals surface area contributed by atoms with Gasteiger partial charge in [0.25, 0.3) is 0 Å². The van der Waals surface area contributed by atoms with Gasteiger partial charge in [-0.1, -0.05) is 13.3 Å². The summed E-state index contributed by atoms with van der Waals surface area (Å²) < 4.78 is 5.53. The molecular formula is C14H28N2O2. The van der Waals surface area contributed by atoms with Crippen molar-refractivity contribution >= 4 is 0 Å². The lowest BCUT2D eigenvalue weighted by atomic mass is 9.86. The number of aliphatic hydroxyl groups excluding tert-OH is 1. The SMILES string of the molecule is CCC1COCCN1CCC1CCCC1(N)CO. The van der Waals surface area contributed by atoms with E-state index >= 15 is 0 Å². The van der Waals surface area contributed by atoms with E-state index in [1.807, 2.05) is 0 Å². The lowest BCUT2D eigenvalue weighted by Crippen LogP contribution is -2.50. The van der Waals surface area contributed by atoms with Crippen molar-refractivity contribution in [3.8, 4) is 0 Å². The fourth-order valence-corrected chi connectivity index (χ4v) is 3.49. The molecule has 1 saturated heterocycles. The van der Waals surface area contributed by atoms with Gasteiger partial charge in [-0.05, 0) is 38.1 Å². The first kappa shape index (κ1) is 14.3. The number of nitrogens with two attached hydrogens (primary N) is 1. The molecule has 1 aliphatic carbocycles. The smallest absolute Gasteiger partial charge is 0.0622 e. The predicted molar refractivity (Wildman–Crippen MR) is 72.4 cm³/mol. The Kier molecular flexibility index (Phi) is 5.01. The quantitative estimate of drug-likeness (QED) is 0.770. The summed E-state index contributed by atoms with van der Waals surface area (Å²) in [5.41, 5.74) is 5.98. The molecule has 0 radical (unpaired) electrons. The molecule has 0 aromatic carbocycles. The fraction of sp³-hybridized carbons (Fsp3) is 1.00. The molecule has 4 heteroatoms. The second-order valence-electron chi connectivity index (χ2n) is 5.94. The molecule has 2 rings (SSSR count). The van der Waals surface area contributed by atoms with Crippen molar-refractivity contribution < 1.29 is 9.84 Å². The van der Waals surface area contributed by atoms with Gasteiger partial charge in [-0.2, -0.15) is 0 Å². The molecule has 3 N–H and O–H groups in total. The third kappa shape index (κ3) is 3.05. The number of nitrogens with zero attached hydrogens (tertiary/aromatic N) is 1. The Labute approximate surface area is 110 Å². The number of morpholine rings is 1. The van der Waals surface area contributed by atoms with Gasteiger partial charge in [0.15, 0.2) is 0 Å². The van der Waals surface area contributed by atoms with Gasteiger partial charge in [0.2, 0.25) is 0 Å². The number of ether oxygens (including phenoxy) is 1. The standard InChI is InChI=1S/C14H28N2O2/c1-2-13-10-18-9-8-16(13)7-5-12-4-3-6-14(12,15)11-17/h12-13,17H,2-11,15H2,1H3. The predicted octanol–water partition coefficient (Wildman–Crippen LogP) is 0.977. The largest absolute Gasteiger partial charge is 0.394 e. The monoisotopic (exact) mass is 256 g/mol. The van der Waals surface area contributed by atoms with Crippen molar-refractivity contribution in [1.82, 2.24) is 4.90 Å². The van der Waals surface area contributed by atoms with Crippen LogP contribution in [-0.4, -0.2) is 54.5 Å². The first-order chi connectivity index (χ1) is 8.69. The summed E-state index contributed by atoms with van der Waals surface area (Å²) in [6.45, 7) is 6.23. The molecule has 0 bridgehead atoms. The van der Waals surface area contributed by atoms with Gasteiger partial charge < -0.3 is 15.6 Å².